The monoisotopic (exact) mass is 293 g/mol. The molecule has 2 heteroatoms. The van der Waals surface area contributed by atoms with Crippen molar-refractivity contribution in [3.8, 4) is 0 Å². The summed E-state index contributed by atoms with van der Waals surface area (Å²) in [5, 5.41) is 3.78. The highest BCUT2D eigenvalue weighted by Crippen LogP contribution is 2.37. The van der Waals surface area contributed by atoms with Gasteiger partial charge in [-0.3, -0.25) is 0 Å². The van der Waals surface area contributed by atoms with Gasteiger partial charge in [-0.25, -0.2) is 0 Å². The van der Waals surface area contributed by atoms with Crippen LogP contribution in [0.15, 0.2) is 0 Å². The van der Waals surface area contributed by atoms with Crippen molar-refractivity contribution in [3.63, 3.8) is 0 Å². The van der Waals surface area contributed by atoms with Gasteiger partial charge < -0.3 is 10.1 Å². The molecule has 0 saturated heterocycles. The molecule has 0 spiro atoms. The first-order valence-electron chi connectivity index (χ1n) is 9.58. The fraction of sp³-hybridized carbons (Fsp3) is 1.00. The fourth-order valence-corrected chi connectivity index (χ4v) is 4.29. The van der Waals surface area contributed by atoms with Gasteiger partial charge >= 0.3 is 0 Å². The smallest absolute Gasteiger partial charge is 0.0810 e. The maximum Gasteiger partial charge on any atom is 0.0810 e. The average Bonchev–Trinajstić information content (AvgIpc) is 3.29. The summed E-state index contributed by atoms with van der Waals surface area (Å²) in [5.74, 6) is 1.72. The second kappa shape index (κ2) is 7.00. The average molecular weight is 293 g/mol. The highest BCUT2D eigenvalue weighted by Gasteiger charge is 2.37. The number of rotatable bonds is 5. The topological polar surface area (TPSA) is 21.3 Å². The molecular weight excluding hydrogens is 258 g/mol. The predicted octanol–water partition coefficient (Wildman–Crippen LogP) is 4.67. The van der Waals surface area contributed by atoms with Crippen LogP contribution in [0.2, 0.25) is 0 Å². The summed E-state index contributed by atoms with van der Waals surface area (Å²) in [6, 6.07) is 0.805. The van der Waals surface area contributed by atoms with E-state index in [1.54, 1.807) is 0 Å². The van der Waals surface area contributed by atoms with Crippen molar-refractivity contribution in [3.05, 3.63) is 0 Å². The fourth-order valence-electron chi connectivity index (χ4n) is 4.29. The van der Waals surface area contributed by atoms with E-state index in [1.807, 2.05) is 0 Å². The summed E-state index contributed by atoms with van der Waals surface area (Å²) in [6.45, 7) is 5.94. The van der Waals surface area contributed by atoms with E-state index in [4.69, 9.17) is 4.74 Å². The molecule has 0 aromatic rings. The normalized spacial score (nSPS) is 37.1. The van der Waals surface area contributed by atoms with Gasteiger partial charge in [0.25, 0.3) is 0 Å². The zero-order chi connectivity index (χ0) is 14.7. The van der Waals surface area contributed by atoms with Crippen molar-refractivity contribution in [1.82, 2.24) is 5.32 Å². The molecule has 0 aromatic carbocycles. The third-order valence-corrected chi connectivity index (χ3v) is 6.27. The van der Waals surface area contributed by atoms with Gasteiger partial charge in [-0.15, -0.1) is 0 Å². The molecule has 0 heterocycles. The molecule has 3 saturated carbocycles. The van der Waals surface area contributed by atoms with Gasteiger partial charge in [0.05, 0.1) is 11.7 Å². The first-order valence-corrected chi connectivity index (χ1v) is 9.58. The van der Waals surface area contributed by atoms with Crippen molar-refractivity contribution in [2.45, 2.75) is 102 Å². The Hall–Kier alpha value is -0.0800. The molecule has 0 aliphatic heterocycles. The second-order valence-corrected chi connectivity index (χ2v) is 8.26. The third kappa shape index (κ3) is 4.45. The van der Waals surface area contributed by atoms with Crippen LogP contribution in [0.4, 0.5) is 0 Å². The molecule has 0 radical (unpaired) electrons. The van der Waals surface area contributed by atoms with Crippen LogP contribution in [0.25, 0.3) is 0 Å². The van der Waals surface area contributed by atoms with Crippen molar-refractivity contribution in [2.75, 3.05) is 6.54 Å². The van der Waals surface area contributed by atoms with Crippen LogP contribution < -0.4 is 5.32 Å². The Morgan fingerprint density at radius 1 is 0.905 bits per heavy atom. The summed E-state index contributed by atoms with van der Waals surface area (Å²) in [5.41, 5.74) is 0.157. The standard InChI is InChI=1S/C19H35NO/c1-15-7-10-18(13-16(15)2)21-19(14-20-17-8-9-17)11-5-3-4-6-12-19/h15-18,20H,3-14H2,1-2H3. The first kappa shape index (κ1) is 15.8. The Morgan fingerprint density at radius 2 is 1.62 bits per heavy atom. The lowest BCUT2D eigenvalue weighted by molar-refractivity contribution is -0.122. The van der Waals surface area contributed by atoms with E-state index in [2.05, 4.69) is 19.2 Å². The SMILES string of the molecule is CC1CCC(OC2(CNC3CC3)CCCCCC2)CC1C. The molecule has 0 bridgehead atoms. The quantitative estimate of drug-likeness (QED) is 0.744. The Morgan fingerprint density at radius 3 is 2.24 bits per heavy atom. The Bertz CT molecular complexity index is 318. The van der Waals surface area contributed by atoms with Crippen molar-refractivity contribution in [2.24, 2.45) is 11.8 Å². The summed E-state index contributed by atoms with van der Waals surface area (Å²) >= 11 is 0. The van der Waals surface area contributed by atoms with E-state index in [0.717, 1.165) is 24.4 Å². The van der Waals surface area contributed by atoms with Crippen LogP contribution in [0.5, 0.6) is 0 Å². The van der Waals surface area contributed by atoms with E-state index in [-0.39, 0.29) is 5.60 Å². The molecule has 3 atom stereocenters. The van der Waals surface area contributed by atoms with Crippen LogP contribution in [0.3, 0.4) is 0 Å². The zero-order valence-corrected chi connectivity index (χ0v) is 14.2. The Labute approximate surface area is 131 Å². The molecule has 3 fully saturated rings. The lowest BCUT2D eigenvalue weighted by atomic mass is 9.79. The van der Waals surface area contributed by atoms with Gasteiger partial charge in [0, 0.05) is 12.6 Å². The van der Waals surface area contributed by atoms with E-state index < -0.39 is 0 Å². The molecule has 0 aromatic heterocycles. The number of hydrogen-bond donors (Lipinski definition) is 1. The highest BCUT2D eigenvalue weighted by atomic mass is 16.5. The Balaban J connectivity index is 1.59. The van der Waals surface area contributed by atoms with Gasteiger partial charge in [0.2, 0.25) is 0 Å². The van der Waals surface area contributed by atoms with E-state index in [9.17, 15) is 0 Å². The third-order valence-electron chi connectivity index (χ3n) is 6.27. The first-order chi connectivity index (χ1) is 10.2. The van der Waals surface area contributed by atoms with Crippen molar-refractivity contribution in [1.29, 1.82) is 0 Å². The van der Waals surface area contributed by atoms with Crippen LogP contribution in [0, 0.1) is 11.8 Å². The molecule has 122 valence electrons. The maximum absolute atomic E-state index is 6.83. The lowest BCUT2D eigenvalue weighted by Gasteiger charge is -2.41. The van der Waals surface area contributed by atoms with E-state index in [0.29, 0.717) is 6.10 Å². The molecule has 0 amide bonds. The molecule has 3 aliphatic carbocycles. The minimum atomic E-state index is 0.157. The lowest BCUT2D eigenvalue weighted by Crippen LogP contribution is -2.47. The van der Waals surface area contributed by atoms with Crippen molar-refractivity contribution >= 4 is 0 Å². The van der Waals surface area contributed by atoms with E-state index in [1.165, 1.54) is 70.6 Å². The number of ether oxygens (including phenoxy) is 1. The highest BCUT2D eigenvalue weighted by molar-refractivity contribution is 4.92. The van der Waals surface area contributed by atoms with Crippen LogP contribution in [0.1, 0.15) is 84.5 Å². The van der Waals surface area contributed by atoms with Gasteiger partial charge in [-0.1, -0.05) is 39.5 Å². The molecule has 1 N–H and O–H groups in total. The van der Waals surface area contributed by atoms with Gasteiger partial charge in [-0.2, -0.15) is 0 Å². The van der Waals surface area contributed by atoms with Gasteiger partial charge in [0.15, 0.2) is 0 Å². The molecule has 3 rings (SSSR count). The largest absolute Gasteiger partial charge is 0.370 e. The summed E-state index contributed by atoms with van der Waals surface area (Å²) in [4.78, 5) is 0. The number of hydrogen-bond acceptors (Lipinski definition) is 2. The molecule has 2 nitrogen and oxygen atoms in total. The van der Waals surface area contributed by atoms with Crippen LogP contribution >= 0.6 is 0 Å². The molecular formula is C19H35NO. The molecule has 3 aliphatic rings. The second-order valence-electron chi connectivity index (χ2n) is 8.26. The van der Waals surface area contributed by atoms with Gasteiger partial charge in [0.1, 0.15) is 0 Å². The predicted molar refractivity (Wildman–Crippen MR) is 88.5 cm³/mol. The zero-order valence-electron chi connectivity index (χ0n) is 14.2. The van der Waals surface area contributed by atoms with Gasteiger partial charge in [-0.05, 0) is 56.8 Å². The van der Waals surface area contributed by atoms with Crippen LogP contribution in [-0.2, 0) is 4.74 Å². The number of nitrogens with one attached hydrogen (secondary N) is 1. The minimum absolute atomic E-state index is 0.157. The van der Waals surface area contributed by atoms with E-state index >= 15 is 0 Å². The molecule has 3 unspecified atom stereocenters. The summed E-state index contributed by atoms with van der Waals surface area (Å²) < 4.78 is 6.83. The Kier molecular flexibility index (Phi) is 5.27. The summed E-state index contributed by atoms with van der Waals surface area (Å²) in [6.07, 6.45) is 15.3. The van der Waals surface area contributed by atoms with Crippen molar-refractivity contribution < 1.29 is 4.74 Å². The minimum Gasteiger partial charge on any atom is -0.370 e. The maximum atomic E-state index is 6.83. The summed E-state index contributed by atoms with van der Waals surface area (Å²) in [7, 11) is 0. The van der Waals surface area contributed by atoms with Crippen LogP contribution in [-0.4, -0.2) is 24.3 Å². The molecule has 21 heavy (non-hydrogen) atoms.